The zero-order chi connectivity index (χ0) is 16.2. The second-order valence-electron chi connectivity index (χ2n) is 5.48. The third kappa shape index (κ3) is 3.57. The molecule has 5 nitrogen and oxygen atoms in total. The van der Waals surface area contributed by atoms with Crippen LogP contribution in [0, 0.1) is 0 Å². The van der Waals surface area contributed by atoms with Crippen molar-refractivity contribution in [3.05, 3.63) is 65.7 Å². The van der Waals surface area contributed by atoms with E-state index in [2.05, 4.69) is 5.32 Å². The van der Waals surface area contributed by atoms with Gasteiger partial charge in [0.05, 0.1) is 6.54 Å². The number of carbonyl (C=O) groups is 2. The van der Waals surface area contributed by atoms with Crippen LogP contribution in [-0.4, -0.2) is 30.0 Å². The van der Waals surface area contributed by atoms with Gasteiger partial charge in [0.2, 0.25) is 5.91 Å². The van der Waals surface area contributed by atoms with Gasteiger partial charge in [0.25, 0.3) is 5.91 Å². The van der Waals surface area contributed by atoms with E-state index in [0.717, 1.165) is 5.56 Å². The lowest BCUT2D eigenvalue weighted by Gasteiger charge is -2.15. The first-order valence-corrected chi connectivity index (χ1v) is 7.47. The molecule has 1 unspecified atom stereocenters. The number of amides is 2. The van der Waals surface area contributed by atoms with Crippen LogP contribution in [0.2, 0.25) is 0 Å². The lowest BCUT2D eigenvalue weighted by Crippen LogP contribution is -2.28. The highest BCUT2D eigenvalue weighted by atomic mass is 16.5. The Kier molecular flexibility index (Phi) is 4.39. The Hall–Kier alpha value is -2.66. The van der Waals surface area contributed by atoms with Crippen molar-refractivity contribution in [3.8, 4) is 0 Å². The van der Waals surface area contributed by atoms with Crippen LogP contribution in [0.5, 0.6) is 0 Å². The van der Waals surface area contributed by atoms with Gasteiger partial charge in [-0.2, -0.15) is 0 Å². The van der Waals surface area contributed by atoms with Crippen LogP contribution >= 0.6 is 0 Å². The lowest BCUT2D eigenvalue weighted by molar-refractivity contribution is -0.114. The fourth-order valence-corrected chi connectivity index (χ4v) is 2.61. The molecule has 0 saturated carbocycles. The molecule has 23 heavy (non-hydrogen) atoms. The van der Waals surface area contributed by atoms with E-state index in [4.69, 9.17) is 4.74 Å². The van der Waals surface area contributed by atoms with Crippen molar-refractivity contribution in [3.63, 3.8) is 0 Å². The summed E-state index contributed by atoms with van der Waals surface area (Å²) in [6, 6.07) is 16.8. The van der Waals surface area contributed by atoms with E-state index in [1.165, 1.54) is 6.92 Å². The van der Waals surface area contributed by atoms with E-state index < -0.39 is 0 Å². The molecule has 0 aliphatic carbocycles. The fourth-order valence-electron chi connectivity index (χ4n) is 2.61. The van der Waals surface area contributed by atoms with Gasteiger partial charge >= 0.3 is 0 Å². The number of carbonyl (C=O) groups excluding carboxylic acids is 2. The predicted octanol–water partition coefficient (Wildman–Crippen LogP) is 2.82. The molecule has 0 aromatic heterocycles. The van der Waals surface area contributed by atoms with Gasteiger partial charge in [0, 0.05) is 18.2 Å². The molecular formula is C18H18N2O3. The van der Waals surface area contributed by atoms with Crippen molar-refractivity contribution in [1.82, 2.24) is 4.90 Å². The van der Waals surface area contributed by atoms with Crippen LogP contribution in [0.1, 0.15) is 28.9 Å². The molecule has 1 atom stereocenters. The normalized spacial score (nSPS) is 17.1. The first-order chi connectivity index (χ1) is 11.1. The molecule has 2 aromatic rings. The molecule has 1 aliphatic heterocycles. The van der Waals surface area contributed by atoms with Gasteiger partial charge in [-0.3, -0.25) is 9.59 Å². The number of ether oxygens (including phenoxy) is 1. The van der Waals surface area contributed by atoms with Gasteiger partial charge in [0.15, 0.2) is 0 Å². The minimum absolute atomic E-state index is 0.0984. The predicted molar refractivity (Wildman–Crippen MR) is 86.9 cm³/mol. The van der Waals surface area contributed by atoms with Crippen LogP contribution in [-0.2, 0) is 9.53 Å². The van der Waals surface area contributed by atoms with E-state index in [9.17, 15) is 9.59 Å². The van der Waals surface area contributed by atoms with Crippen molar-refractivity contribution in [2.45, 2.75) is 13.0 Å². The number of benzene rings is 2. The maximum atomic E-state index is 12.6. The number of anilines is 1. The third-order valence-corrected chi connectivity index (χ3v) is 3.71. The highest BCUT2D eigenvalue weighted by molar-refractivity contribution is 5.96. The molecule has 5 heteroatoms. The molecule has 1 N–H and O–H groups in total. The monoisotopic (exact) mass is 310 g/mol. The molecule has 1 fully saturated rings. The van der Waals surface area contributed by atoms with Crippen LogP contribution in [0.25, 0.3) is 0 Å². The largest absolute Gasteiger partial charge is 0.351 e. The average Bonchev–Trinajstić information content (AvgIpc) is 3.04. The highest BCUT2D eigenvalue weighted by Gasteiger charge is 2.28. The first kappa shape index (κ1) is 15.2. The minimum Gasteiger partial charge on any atom is -0.351 e. The van der Waals surface area contributed by atoms with Crippen LogP contribution < -0.4 is 5.32 Å². The summed E-state index contributed by atoms with van der Waals surface area (Å²) >= 11 is 0. The van der Waals surface area contributed by atoms with Gasteiger partial charge in [-0.15, -0.1) is 0 Å². The van der Waals surface area contributed by atoms with Crippen molar-refractivity contribution in [1.29, 1.82) is 0 Å². The molecule has 1 heterocycles. The fraction of sp³-hybridized carbons (Fsp3) is 0.222. The SMILES string of the molecule is CC(=O)Nc1cccc(C(=O)N2COC(c3ccccc3)C2)c1. The molecule has 0 radical (unpaired) electrons. The number of rotatable bonds is 3. The van der Waals surface area contributed by atoms with Crippen molar-refractivity contribution in [2.24, 2.45) is 0 Å². The molecule has 2 aromatic carbocycles. The second-order valence-corrected chi connectivity index (χ2v) is 5.48. The van der Waals surface area contributed by atoms with Crippen LogP contribution in [0.15, 0.2) is 54.6 Å². The van der Waals surface area contributed by atoms with Crippen molar-refractivity contribution in [2.75, 3.05) is 18.6 Å². The highest BCUT2D eigenvalue weighted by Crippen LogP contribution is 2.25. The van der Waals surface area contributed by atoms with E-state index in [1.54, 1.807) is 29.2 Å². The summed E-state index contributed by atoms with van der Waals surface area (Å²) in [5.74, 6) is -0.265. The minimum atomic E-state index is -0.164. The molecule has 0 bridgehead atoms. The summed E-state index contributed by atoms with van der Waals surface area (Å²) in [6.07, 6.45) is -0.0984. The van der Waals surface area contributed by atoms with Gasteiger partial charge in [-0.05, 0) is 23.8 Å². The zero-order valence-corrected chi connectivity index (χ0v) is 12.9. The first-order valence-electron chi connectivity index (χ1n) is 7.47. The second kappa shape index (κ2) is 6.62. The number of hydrogen-bond acceptors (Lipinski definition) is 3. The Labute approximate surface area is 134 Å². The molecule has 1 saturated heterocycles. The van der Waals surface area contributed by atoms with Crippen LogP contribution in [0.3, 0.4) is 0 Å². The third-order valence-electron chi connectivity index (χ3n) is 3.71. The molecule has 3 rings (SSSR count). The summed E-state index contributed by atoms with van der Waals surface area (Å²) in [6.45, 7) is 2.23. The number of nitrogens with one attached hydrogen (secondary N) is 1. The standard InChI is InChI=1S/C18H18N2O3/c1-13(21)19-16-9-5-8-15(10-16)18(22)20-11-17(23-12-20)14-6-3-2-4-7-14/h2-10,17H,11-12H2,1H3,(H,19,21). The molecule has 0 spiro atoms. The van der Waals surface area contributed by atoms with Crippen molar-refractivity contribution >= 4 is 17.5 Å². The number of hydrogen-bond donors (Lipinski definition) is 1. The average molecular weight is 310 g/mol. The Morgan fingerprint density at radius 2 is 1.91 bits per heavy atom. The van der Waals surface area contributed by atoms with E-state index >= 15 is 0 Å². The van der Waals surface area contributed by atoms with Gasteiger partial charge < -0.3 is 15.0 Å². The summed E-state index contributed by atoms with van der Waals surface area (Å²) in [7, 11) is 0. The number of nitrogens with zero attached hydrogens (tertiary/aromatic N) is 1. The van der Waals surface area contributed by atoms with Gasteiger partial charge in [0.1, 0.15) is 12.8 Å². The Morgan fingerprint density at radius 3 is 2.65 bits per heavy atom. The molecular weight excluding hydrogens is 292 g/mol. The van der Waals surface area contributed by atoms with Crippen molar-refractivity contribution < 1.29 is 14.3 Å². The van der Waals surface area contributed by atoms with Gasteiger partial charge in [-0.1, -0.05) is 36.4 Å². The topological polar surface area (TPSA) is 58.6 Å². The lowest BCUT2D eigenvalue weighted by atomic mass is 10.1. The molecule has 2 amide bonds. The summed E-state index contributed by atoms with van der Waals surface area (Å²) in [5.41, 5.74) is 2.21. The summed E-state index contributed by atoms with van der Waals surface area (Å²) < 4.78 is 5.72. The van der Waals surface area contributed by atoms with E-state index in [0.29, 0.717) is 17.8 Å². The van der Waals surface area contributed by atoms with E-state index in [-0.39, 0.29) is 24.6 Å². The zero-order valence-electron chi connectivity index (χ0n) is 12.9. The molecule has 1 aliphatic rings. The Morgan fingerprint density at radius 1 is 1.13 bits per heavy atom. The maximum Gasteiger partial charge on any atom is 0.255 e. The van der Waals surface area contributed by atoms with E-state index in [1.807, 2.05) is 30.3 Å². The van der Waals surface area contributed by atoms with Crippen LogP contribution in [0.4, 0.5) is 5.69 Å². The smallest absolute Gasteiger partial charge is 0.255 e. The summed E-state index contributed by atoms with van der Waals surface area (Å²) in [5, 5.41) is 2.68. The van der Waals surface area contributed by atoms with Gasteiger partial charge in [-0.25, -0.2) is 0 Å². The Bertz CT molecular complexity index is 715. The molecule has 118 valence electrons. The maximum absolute atomic E-state index is 12.6. The quantitative estimate of drug-likeness (QED) is 0.948. The summed E-state index contributed by atoms with van der Waals surface area (Å²) in [4.78, 5) is 25.4. The Balaban J connectivity index is 1.71.